The van der Waals surface area contributed by atoms with E-state index in [1.807, 2.05) is 43.0 Å². The number of fused-ring (bicyclic) bond motifs is 1. The van der Waals surface area contributed by atoms with Crippen LogP contribution < -0.4 is 21.2 Å². The lowest BCUT2D eigenvalue weighted by molar-refractivity contribution is 0.373. The summed E-state index contributed by atoms with van der Waals surface area (Å²) in [6.07, 6.45) is 18.5. The number of pyridine rings is 3. The van der Waals surface area contributed by atoms with Gasteiger partial charge in [-0.15, -0.1) is 0 Å². The second-order valence-electron chi connectivity index (χ2n) is 10.6. The number of rotatable bonds is 8. The van der Waals surface area contributed by atoms with E-state index in [1.165, 1.54) is 12.8 Å². The van der Waals surface area contributed by atoms with Gasteiger partial charge in [-0.2, -0.15) is 5.10 Å². The van der Waals surface area contributed by atoms with Crippen molar-refractivity contribution in [2.45, 2.75) is 26.2 Å². The molecule has 6 heterocycles. The summed E-state index contributed by atoms with van der Waals surface area (Å²) in [5, 5.41) is 17.4. The van der Waals surface area contributed by atoms with E-state index < -0.39 is 0 Å². The van der Waals surface area contributed by atoms with Gasteiger partial charge in [0.15, 0.2) is 0 Å². The molecule has 4 N–H and O–H groups in total. The van der Waals surface area contributed by atoms with Crippen LogP contribution >= 0.6 is 0 Å². The van der Waals surface area contributed by atoms with Crippen LogP contribution in [0.2, 0.25) is 0 Å². The van der Waals surface area contributed by atoms with Gasteiger partial charge in [0.05, 0.1) is 34.6 Å². The molecule has 206 valence electrons. The van der Waals surface area contributed by atoms with Gasteiger partial charge in [-0.05, 0) is 92.2 Å². The maximum absolute atomic E-state index is 4.58. The summed E-state index contributed by atoms with van der Waals surface area (Å²) in [6.45, 7) is 12.8. The Labute approximate surface area is 239 Å². The second-order valence-corrected chi connectivity index (χ2v) is 10.6. The fourth-order valence-corrected chi connectivity index (χ4v) is 5.40. The van der Waals surface area contributed by atoms with E-state index in [1.54, 1.807) is 12.4 Å². The smallest absolute Gasteiger partial charge is 0.116 e. The first kappa shape index (κ1) is 26.4. The highest BCUT2D eigenvalue weighted by molar-refractivity contribution is 5.97. The van der Waals surface area contributed by atoms with Gasteiger partial charge in [-0.1, -0.05) is 19.2 Å². The van der Waals surface area contributed by atoms with E-state index >= 15 is 0 Å². The SMILES string of the molecule is C=C(CC1CCNCC1)Nc1cncc(/C(C)=C/C=c2/[nH]nc(-c3cc4c(-c5ccncc5)cncc4[nH]3)c2=C)c1. The fraction of sp³-hybridized carbons (Fsp3) is 0.212. The summed E-state index contributed by atoms with van der Waals surface area (Å²) in [5.74, 6) is 0.685. The predicted molar refractivity (Wildman–Crippen MR) is 167 cm³/mol. The molecule has 8 nitrogen and oxygen atoms in total. The van der Waals surface area contributed by atoms with E-state index in [0.717, 1.165) is 86.0 Å². The average molecular weight is 543 g/mol. The summed E-state index contributed by atoms with van der Waals surface area (Å²) in [6, 6.07) is 8.19. The molecule has 0 bridgehead atoms. The van der Waals surface area contributed by atoms with Gasteiger partial charge < -0.3 is 15.6 Å². The van der Waals surface area contributed by atoms with Gasteiger partial charge in [-0.3, -0.25) is 20.1 Å². The van der Waals surface area contributed by atoms with Crippen LogP contribution in [0, 0.1) is 5.92 Å². The van der Waals surface area contributed by atoms with Gasteiger partial charge in [0.25, 0.3) is 0 Å². The Bertz CT molecular complexity index is 1820. The molecule has 6 rings (SSSR count). The second kappa shape index (κ2) is 11.7. The lowest BCUT2D eigenvalue weighted by Crippen LogP contribution is -2.28. The van der Waals surface area contributed by atoms with E-state index in [-0.39, 0.29) is 0 Å². The Morgan fingerprint density at radius 1 is 1.05 bits per heavy atom. The van der Waals surface area contributed by atoms with Crippen molar-refractivity contribution in [1.82, 2.24) is 35.5 Å². The summed E-state index contributed by atoms with van der Waals surface area (Å²) < 4.78 is 0. The Morgan fingerprint density at radius 3 is 2.68 bits per heavy atom. The van der Waals surface area contributed by atoms with Gasteiger partial charge >= 0.3 is 0 Å². The zero-order chi connectivity index (χ0) is 28.2. The van der Waals surface area contributed by atoms with Crippen LogP contribution in [-0.4, -0.2) is 43.2 Å². The third-order valence-corrected chi connectivity index (χ3v) is 7.70. The number of nitrogens with zero attached hydrogens (tertiary/aromatic N) is 4. The standard InChI is InChI=1S/C33H34N8/c1-21(26-15-27(18-36-17-26)38-22(2)14-24-6-10-34-11-7-24)4-5-30-23(3)33(41-40-30)31-16-28-29(19-37-20-32(28)39-31)25-8-12-35-13-9-25/h4-5,8-9,12-13,15-20,24,34,38-40H,2-3,6-7,10-11,14H2,1H3/b21-4+,30-5+. The highest BCUT2D eigenvalue weighted by Crippen LogP contribution is 2.30. The molecule has 0 saturated carbocycles. The molecule has 5 aromatic rings. The molecule has 1 aliphatic heterocycles. The predicted octanol–water partition coefficient (Wildman–Crippen LogP) is 5.02. The Morgan fingerprint density at radius 2 is 1.85 bits per heavy atom. The van der Waals surface area contributed by atoms with E-state index in [0.29, 0.717) is 5.92 Å². The van der Waals surface area contributed by atoms with Crippen LogP contribution in [0.1, 0.15) is 31.7 Å². The summed E-state index contributed by atoms with van der Waals surface area (Å²) in [5.41, 5.74) is 8.83. The van der Waals surface area contributed by atoms with Crippen molar-refractivity contribution < 1.29 is 0 Å². The van der Waals surface area contributed by atoms with Gasteiger partial charge in [0, 0.05) is 46.7 Å². The summed E-state index contributed by atoms with van der Waals surface area (Å²) in [4.78, 5) is 16.5. The van der Waals surface area contributed by atoms with Crippen molar-refractivity contribution in [3.05, 3.63) is 95.9 Å². The third-order valence-electron chi connectivity index (χ3n) is 7.70. The first-order valence-electron chi connectivity index (χ1n) is 14.0. The van der Waals surface area contributed by atoms with Crippen molar-refractivity contribution in [3.63, 3.8) is 0 Å². The molecular weight excluding hydrogens is 508 g/mol. The number of aromatic amines is 2. The quantitative estimate of drug-likeness (QED) is 0.219. The van der Waals surface area contributed by atoms with E-state index in [4.69, 9.17) is 0 Å². The third kappa shape index (κ3) is 5.88. The van der Waals surface area contributed by atoms with Crippen molar-refractivity contribution in [3.8, 4) is 22.5 Å². The number of piperidine rings is 1. The highest BCUT2D eigenvalue weighted by atomic mass is 15.1. The number of anilines is 1. The lowest BCUT2D eigenvalue weighted by Gasteiger charge is -2.23. The maximum atomic E-state index is 4.58. The molecule has 0 spiro atoms. The number of aromatic nitrogens is 6. The molecule has 1 saturated heterocycles. The number of nitrogens with one attached hydrogen (secondary N) is 4. The van der Waals surface area contributed by atoms with Crippen LogP contribution in [0.5, 0.6) is 0 Å². The van der Waals surface area contributed by atoms with E-state index in [2.05, 4.69) is 79.1 Å². The topological polar surface area (TPSA) is 107 Å². The molecule has 1 aliphatic rings. The summed E-state index contributed by atoms with van der Waals surface area (Å²) >= 11 is 0. The van der Waals surface area contributed by atoms with Crippen LogP contribution in [0.4, 0.5) is 5.69 Å². The zero-order valence-electron chi connectivity index (χ0n) is 23.2. The minimum absolute atomic E-state index is 0.685. The Balaban J connectivity index is 1.21. The molecule has 0 atom stereocenters. The Kier molecular flexibility index (Phi) is 7.56. The van der Waals surface area contributed by atoms with Crippen molar-refractivity contribution in [1.29, 1.82) is 0 Å². The molecule has 5 aromatic heterocycles. The van der Waals surface area contributed by atoms with Crippen LogP contribution in [-0.2, 0) is 0 Å². The monoisotopic (exact) mass is 542 g/mol. The number of H-pyrrole nitrogens is 2. The molecule has 0 aromatic carbocycles. The minimum Gasteiger partial charge on any atom is -0.358 e. The number of hydrogen-bond donors (Lipinski definition) is 4. The molecule has 1 fully saturated rings. The molecule has 0 amide bonds. The molecule has 0 radical (unpaired) electrons. The molecule has 41 heavy (non-hydrogen) atoms. The van der Waals surface area contributed by atoms with Gasteiger partial charge in [-0.25, -0.2) is 0 Å². The Hall–Kier alpha value is -4.82. The number of hydrogen-bond acceptors (Lipinski definition) is 6. The molecule has 8 heteroatoms. The first-order valence-corrected chi connectivity index (χ1v) is 14.0. The molecule has 0 aliphatic carbocycles. The highest BCUT2D eigenvalue weighted by Gasteiger charge is 2.14. The van der Waals surface area contributed by atoms with Crippen LogP contribution in [0.25, 0.3) is 51.6 Å². The maximum Gasteiger partial charge on any atom is 0.116 e. The van der Waals surface area contributed by atoms with Gasteiger partial charge in [0.2, 0.25) is 0 Å². The molecular formula is C33H34N8. The largest absolute Gasteiger partial charge is 0.358 e. The fourth-order valence-electron chi connectivity index (χ4n) is 5.40. The van der Waals surface area contributed by atoms with E-state index in [9.17, 15) is 0 Å². The van der Waals surface area contributed by atoms with Crippen molar-refractivity contribution >= 4 is 34.8 Å². The van der Waals surface area contributed by atoms with Crippen molar-refractivity contribution in [2.24, 2.45) is 5.92 Å². The van der Waals surface area contributed by atoms with Crippen molar-refractivity contribution in [2.75, 3.05) is 18.4 Å². The minimum atomic E-state index is 0.685. The first-order chi connectivity index (χ1) is 20.0. The lowest BCUT2D eigenvalue weighted by atomic mass is 9.93. The van der Waals surface area contributed by atoms with Gasteiger partial charge in [0.1, 0.15) is 5.69 Å². The average Bonchev–Trinajstić information content (AvgIpc) is 3.60. The van der Waals surface area contributed by atoms with Crippen LogP contribution in [0.3, 0.4) is 0 Å². The normalized spacial score (nSPS) is 15.0. The molecule has 0 unspecified atom stereocenters. The zero-order valence-corrected chi connectivity index (χ0v) is 23.2. The summed E-state index contributed by atoms with van der Waals surface area (Å²) in [7, 11) is 0. The van der Waals surface area contributed by atoms with Crippen LogP contribution in [0.15, 0.2) is 79.8 Å². The number of allylic oxidation sites excluding steroid dienone is 3.